The molecule has 4 rings (SSSR count). The van der Waals surface area contributed by atoms with Gasteiger partial charge in [0, 0.05) is 23.5 Å². The number of para-hydroxylation sites is 1. The Bertz CT molecular complexity index is 977. The highest BCUT2D eigenvalue weighted by atomic mass is 35.5. The summed E-state index contributed by atoms with van der Waals surface area (Å²) in [6, 6.07) is 7.12. The Morgan fingerprint density at radius 2 is 2.10 bits per heavy atom. The van der Waals surface area contributed by atoms with E-state index in [1.807, 2.05) is 18.2 Å². The summed E-state index contributed by atoms with van der Waals surface area (Å²) in [6.45, 7) is 0. The molecule has 2 aromatic heterocycles. The predicted octanol–water partition coefficient (Wildman–Crippen LogP) is 4.48. The average Bonchev–Trinajstić information content (AvgIpc) is 3.21. The molecule has 1 aliphatic carbocycles. The molecule has 0 aliphatic heterocycles. The fourth-order valence-electron chi connectivity index (χ4n) is 2.71. The second kappa shape index (κ2) is 9.38. The van der Waals surface area contributed by atoms with Crippen molar-refractivity contribution in [2.45, 2.75) is 25.4 Å². The number of aromatic amines is 1. The van der Waals surface area contributed by atoms with Crippen LogP contribution >= 0.6 is 11.6 Å². The van der Waals surface area contributed by atoms with Gasteiger partial charge in [-0.3, -0.25) is 9.89 Å². The van der Waals surface area contributed by atoms with E-state index in [2.05, 4.69) is 20.5 Å². The van der Waals surface area contributed by atoms with Crippen LogP contribution in [-0.4, -0.2) is 34.4 Å². The maximum atomic E-state index is 11.6. The molecule has 152 valence electrons. The topological polar surface area (TPSA) is 106 Å². The fraction of sp³-hybridized carbons (Fsp3) is 0.250. The van der Waals surface area contributed by atoms with Crippen LogP contribution in [0.4, 0.5) is 15.8 Å². The lowest BCUT2D eigenvalue weighted by Gasteiger charge is -2.16. The average molecular weight is 418 g/mol. The van der Waals surface area contributed by atoms with Crippen LogP contribution in [0.3, 0.4) is 0 Å². The number of primary amides is 1. The molecule has 1 aromatic carbocycles. The third kappa shape index (κ3) is 5.03. The number of benzene rings is 1. The van der Waals surface area contributed by atoms with Gasteiger partial charge in [0.1, 0.15) is 17.1 Å². The van der Waals surface area contributed by atoms with Crippen molar-refractivity contribution in [3.63, 3.8) is 0 Å². The number of halogens is 2. The molecule has 0 radical (unpaired) electrons. The van der Waals surface area contributed by atoms with E-state index in [1.165, 1.54) is 12.3 Å². The van der Waals surface area contributed by atoms with Crippen molar-refractivity contribution < 1.29 is 13.9 Å². The zero-order valence-electron chi connectivity index (χ0n) is 15.8. The molecule has 1 fully saturated rings. The molecule has 1 aliphatic rings. The summed E-state index contributed by atoms with van der Waals surface area (Å²) in [4.78, 5) is 15.5. The van der Waals surface area contributed by atoms with E-state index in [4.69, 9.17) is 22.1 Å². The fourth-order valence-corrected chi connectivity index (χ4v) is 2.87. The number of nitrogens with two attached hydrogens (primary N) is 1. The summed E-state index contributed by atoms with van der Waals surface area (Å²) in [5.41, 5.74) is 8.44. The maximum absolute atomic E-state index is 11.6. The number of rotatable bonds is 5. The molecule has 4 N–H and O–H groups in total. The highest BCUT2D eigenvalue weighted by Crippen LogP contribution is 2.38. The number of anilines is 2. The van der Waals surface area contributed by atoms with Gasteiger partial charge in [-0.2, -0.15) is 5.10 Å². The van der Waals surface area contributed by atoms with Crippen molar-refractivity contribution in [1.82, 2.24) is 15.2 Å². The molecule has 0 spiro atoms. The van der Waals surface area contributed by atoms with Crippen LogP contribution in [0.5, 0.6) is 5.75 Å². The quantitative estimate of drug-likeness (QED) is 0.530. The van der Waals surface area contributed by atoms with E-state index in [1.54, 1.807) is 19.5 Å². The summed E-state index contributed by atoms with van der Waals surface area (Å²) in [5, 5.41) is 10.1. The van der Waals surface area contributed by atoms with Crippen molar-refractivity contribution in [2.24, 2.45) is 5.73 Å². The van der Waals surface area contributed by atoms with E-state index < -0.39 is 12.1 Å². The van der Waals surface area contributed by atoms with Crippen LogP contribution in [0.1, 0.15) is 29.6 Å². The van der Waals surface area contributed by atoms with Gasteiger partial charge < -0.3 is 15.8 Å². The van der Waals surface area contributed by atoms with Gasteiger partial charge in [0.2, 0.25) is 0 Å². The maximum Gasteiger partial charge on any atom is 0.252 e. The number of nitrogens with one attached hydrogen (secondary N) is 2. The number of H-pyrrole nitrogens is 1. The van der Waals surface area contributed by atoms with Gasteiger partial charge in [0.05, 0.1) is 30.2 Å². The normalized spacial score (nSPS) is 13.1. The largest absolute Gasteiger partial charge is 0.494 e. The lowest BCUT2D eigenvalue weighted by atomic mass is 9.98. The Morgan fingerprint density at radius 3 is 2.66 bits per heavy atom. The Hall–Kier alpha value is -3.13. The number of alkyl halides is 1. The number of hydrogen-bond donors (Lipinski definition) is 3. The minimum Gasteiger partial charge on any atom is -0.494 e. The third-order valence-electron chi connectivity index (χ3n) is 4.47. The molecular weight excluding hydrogens is 397 g/mol. The van der Waals surface area contributed by atoms with Crippen LogP contribution in [0.25, 0.3) is 11.1 Å². The van der Waals surface area contributed by atoms with Crippen LogP contribution < -0.4 is 15.8 Å². The Kier molecular flexibility index (Phi) is 6.66. The molecule has 1 saturated carbocycles. The minimum atomic E-state index is -0.605. The lowest BCUT2D eigenvalue weighted by Crippen LogP contribution is -2.14. The van der Waals surface area contributed by atoms with Gasteiger partial charge in [-0.1, -0.05) is 23.7 Å². The first-order valence-corrected chi connectivity index (χ1v) is 9.40. The van der Waals surface area contributed by atoms with Crippen molar-refractivity contribution in [3.8, 4) is 16.9 Å². The zero-order valence-corrected chi connectivity index (χ0v) is 16.5. The molecule has 2 heterocycles. The van der Waals surface area contributed by atoms with Crippen molar-refractivity contribution in [3.05, 3.63) is 53.6 Å². The number of ether oxygens (including phenoxy) is 1. The van der Waals surface area contributed by atoms with Gasteiger partial charge in [0.15, 0.2) is 0 Å². The molecular formula is C20H21ClFN5O2. The molecule has 0 atom stereocenters. The second-order valence-electron chi connectivity index (χ2n) is 6.44. The standard InChI is InChI=1S/C16H14ClN5O2.C4H7F/c1-24-15-10(9-6-20-21-7-9)3-2-4-12(15)22-13-5-14(17)19-8-11(13)16(18)23;5-4-2-1-3-4/h2-8H,1H3,(H2,18,23)(H,19,22)(H,20,21);4H,1-3H2. The van der Waals surface area contributed by atoms with E-state index in [0.29, 0.717) is 17.1 Å². The third-order valence-corrected chi connectivity index (χ3v) is 4.68. The zero-order chi connectivity index (χ0) is 20.8. The molecule has 7 nitrogen and oxygen atoms in total. The van der Waals surface area contributed by atoms with Crippen LogP contribution in [0.2, 0.25) is 5.15 Å². The van der Waals surface area contributed by atoms with Crippen molar-refractivity contribution in [1.29, 1.82) is 0 Å². The Morgan fingerprint density at radius 1 is 1.34 bits per heavy atom. The van der Waals surface area contributed by atoms with E-state index in [0.717, 1.165) is 30.4 Å². The monoisotopic (exact) mass is 417 g/mol. The van der Waals surface area contributed by atoms with Crippen LogP contribution in [0.15, 0.2) is 42.9 Å². The number of carbonyl (C=O) groups excluding carboxylic acids is 1. The second-order valence-corrected chi connectivity index (χ2v) is 6.83. The number of pyridine rings is 1. The van der Waals surface area contributed by atoms with Gasteiger partial charge in [-0.05, 0) is 31.4 Å². The van der Waals surface area contributed by atoms with E-state index in [-0.39, 0.29) is 10.7 Å². The van der Waals surface area contributed by atoms with Crippen LogP contribution in [-0.2, 0) is 0 Å². The Labute approximate surface area is 172 Å². The molecule has 3 aromatic rings. The predicted molar refractivity (Wildman–Crippen MR) is 110 cm³/mol. The first-order chi connectivity index (χ1) is 14.0. The highest BCUT2D eigenvalue weighted by molar-refractivity contribution is 6.29. The summed E-state index contributed by atoms with van der Waals surface area (Å²) < 4.78 is 17.1. The summed E-state index contributed by atoms with van der Waals surface area (Å²) in [6.07, 6.45) is 7.11. The molecule has 1 amide bonds. The van der Waals surface area contributed by atoms with Gasteiger partial charge in [0.25, 0.3) is 5.91 Å². The van der Waals surface area contributed by atoms with Crippen molar-refractivity contribution >= 4 is 28.9 Å². The first kappa shape index (κ1) is 20.6. The van der Waals surface area contributed by atoms with Gasteiger partial charge in [-0.15, -0.1) is 0 Å². The highest BCUT2D eigenvalue weighted by Gasteiger charge is 2.15. The number of hydrogen-bond acceptors (Lipinski definition) is 5. The number of carbonyl (C=O) groups is 1. The lowest BCUT2D eigenvalue weighted by molar-refractivity contribution is 0.100. The van der Waals surface area contributed by atoms with E-state index >= 15 is 0 Å². The SMILES string of the molecule is COc1c(Nc2cc(Cl)ncc2C(N)=O)cccc1-c1cn[nH]c1.FC1CCC1. The summed E-state index contributed by atoms with van der Waals surface area (Å²) >= 11 is 5.93. The summed E-state index contributed by atoms with van der Waals surface area (Å²) in [5.74, 6) is -0.00567. The number of methoxy groups -OCH3 is 1. The first-order valence-electron chi connectivity index (χ1n) is 9.02. The number of aromatic nitrogens is 3. The van der Waals surface area contributed by atoms with Gasteiger partial charge >= 0.3 is 0 Å². The minimum absolute atomic E-state index is 0.232. The van der Waals surface area contributed by atoms with Crippen molar-refractivity contribution in [2.75, 3.05) is 12.4 Å². The number of nitrogens with zero attached hydrogens (tertiary/aromatic N) is 2. The van der Waals surface area contributed by atoms with Gasteiger partial charge in [-0.25, -0.2) is 9.37 Å². The Balaban J connectivity index is 0.000000419. The summed E-state index contributed by atoms with van der Waals surface area (Å²) in [7, 11) is 1.57. The molecule has 9 heteroatoms. The van der Waals surface area contributed by atoms with E-state index in [9.17, 15) is 9.18 Å². The molecule has 0 bridgehead atoms. The smallest absolute Gasteiger partial charge is 0.252 e. The molecule has 0 saturated heterocycles. The van der Waals surface area contributed by atoms with Crippen LogP contribution in [0, 0.1) is 0 Å². The number of amides is 1. The molecule has 0 unspecified atom stereocenters. The molecule has 29 heavy (non-hydrogen) atoms.